The zero-order valence-electron chi connectivity index (χ0n) is 11.1. The summed E-state index contributed by atoms with van der Waals surface area (Å²) in [6.07, 6.45) is 0.743. The first-order valence-corrected chi connectivity index (χ1v) is 6.24. The van der Waals surface area contributed by atoms with Crippen LogP contribution in [0.3, 0.4) is 0 Å². The van der Waals surface area contributed by atoms with Gasteiger partial charge < -0.3 is 9.84 Å². The van der Waals surface area contributed by atoms with Crippen LogP contribution in [0.15, 0.2) is 22.7 Å². The van der Waals surface area contributed by atoms with Gasteiger partial charge in [-0.3, -0.25) is 0 Å². The van der Waals surface area contributed by atoms with Crippen molar-refractivity contribution in [1.82, 2.24) is 15.5 Å². The predicted molar refractivity (Wildman–Crippen MR) is 79.0 cm³/mol. The molecule has 0 fully saturated rings. The Hall–Kier alpha value is -1.10. The summed E-state index contributed by atoms with van der Waals surface area (Å²) in [5, 5.41) is 7.85. The molecular weight excluding hydrogens is 285 g/mol. The lowest BCUT2D eigenvalue weighted by Crippen LogP contribution is -2.24. The van der Waals surface area contributed by atoms with Crippen molar-refractivity contribution in [3.05, 3.63) is 34.6 Å². The van der Waals surface area contributed by atoms with E-state index in [-0.39, 0.29) is 12.4 Å². The summed E-state index contributed by atoms with van der Waals surface area (Å²) < 4.78 is 5.26. The summed E-state index contributed by atoms with van der Waals surface area (Å²) in [4.78, 5) is 4.38. The van der Waals surface area contributed by atoms with Crippen molar-refractivity contribution in [3.63, 3.8) is 0 Å². The van der Waals surface area contributed by atoms with Gasteiger partial charge in [0.1, 0.15) is 0 Å². The molecule has 0 bridgehead atoms. The Morgan fingerprint density at radius 1 is 1.42 bits per heavy atom. The second kappa shape index (κ2) is 6.89. The smallest absolute Gasteiger partial charge is 0.257 e. The van der Waals surface area contributed by atoms with Crippen LogP contribution in [0.2, 0.25) is 5.02 Å². The van der Waals surface area contributed by atoms with Crippen molar-refractivity contribution in [1.29, 1.82) is 0 Å². The number of nitrogens with zero attached hydrogens (tertiary/aromatic N) is 2. The van der Waals surface area contributed by atoms with Crippen molar-refractivity contribution < 1.29 is 4.52 Å². The average molecular weight is 302 g/mol. The molecule has 2 aromatic rings. The molecule has 1 atom stereocenters. The Morgan fingerprint density at radius 3 is 2.79 bits per heavy atom. The Balaban J connectivity index is 0.00000180. The molecule has 0 aliphatic rings. The lowest BCUT2D eigenvalue weighted by molar-refractivity contribution is 0.418. The minimum Gasteiger partial charge on any atom is -0.334 e. The van der Waals surface area contributed by atoms with Crippen molar-refractivity contribution in [3.8, 4) is 11.5 Å². The van der Waals surface area contributed by atoms with Crippen LogP contribution >= 0.6 is 24.0 Å². The summed E-state index contributed by atoms with van der Waals surface area (Å²) in [7, 11) is 1.91. The fourth-order valence-electron chi connectivity index (χ4n) is 1.61. The molecule has 6 heteroatoms. The molecule has 0 aliphatic heterocycles. The van der Waals surface area contributed by atoms with E-state index in [1.54, 1.807) is 0 Å². The van der Waals surface area contributed by atoms with Crippen molar-refractivity contribution >= 4 is 24.0 Å². The summed E-state index contributed by atoms with van der Waals surface area (Å²) in [6, 6.07) is 5.99. The maximum absolute atomic E-state index is 5.99. The molecule has 1 aromatic carbocycles. The number of aromatic nitrogens is 2. The van der Waals surface area contributed by atoms with E-state index in [0.29, 0.717) is 17.8 Å². The van der Waals surface area contributed by atoms with Gasteiger partial charge in [0.2, 0.25) is 0 Å². The molecule has 0 amide bonds. The van der Waals surface area contributed by atoms with Crippen LogP contribution in [0.25, 0.3) is 11.5 Å². The molecule has 2 rings (SSSR count). The second-order valence-corrected chi connectivity index (χ2v) is 4.78. The van der Waals surface area contributed by atoms with Gasteiger partial charge in [-0.15, -0.1) is 12.4 Å². The third kappa shape index (κ3) is 3.93. The summed E-state index contributed by atoms with van der Waals surface area (Å²) in [6.45, 7) is 4.02. The second-order valence-electron chi connectivity index (χ2n) is 4.37. The topological polar surface area (TPSA) is 51.0 Å². The van der Waals surface area contributed by atoms with E-state index in [4.69, 9.17) is 16.1 Å². The first-order valence-electron chi connectivity index (χ1n) is 5.86. The van der Waals surface area contributed by atoms with Crippen LogP contribution < -0.4 is 5.32 Å². The van der Waals surface area contributed by atoms with Gasteiger partial charge in [-0.25, -0.2) is 0 Å². The maximum atomic E-state index is 5.99. The quantitative estimate of drug-likeness (QED) is 0.941. The van der Waals surface area contributed by atoms with E-state index in [0.717, 1.165) is 22.6 Å². The van der Waals surface area contributed by atoms with Crippen LogP contribution in [0.5, 0.6) is 0 Å². The highest BCUT2D eigenvalue weighted by Gasteiger charge is 2.11. The van der Waals surface area contributed by atoms with Gasteiger partial charge in [0.05, 0.1) is 0 Å². The van der Waals surface area contributed by atoms with Crippen LogP contribution in [0.1, 0.15) is 18.3 Å². The highest BCUT2D eigenvalue weighted by Crippen LogP contribution is 2.23. The van der Waals surface area contributed by atoms with Crippen LogP contribution in [0.4, 0.5) is 0 Å². The third-order valence-corrected chi connectivity index (χ3v) is 3.28. The Morgan fingerprint density at radius 2 is 2.16 bits per heavy atom. The first-order chi connectivity index (χ1) is 8.60. The lowest BCUT2D eigenvalue weighted by atomic mass is 10.1. The normalized spacial score (nSPS) is 12.0. The SMILES string of the molecule is CNC(C)Cc1noc(-c2ccc(Cl)c(C)c2)n1.Cl. The minimum atomic E-state index is 0. The number of nitrogens with one attached hydrogen (secondary N) is 1. The van der Waals surface area contributed by atoms with Gasteiger partial charge in [-0.2, -0.15) is 4.98 Å². The molecule has 0 saturated heterocycles. The van der Waals surface area contributed by atoms with Crippen molar-refractivity contribution in [2.24, 2.45) is 0 Å². The van der Waals surface area contributed by atoms with Crippen LogP contribution in [-0.2, 0) is 6.42 Å². The van der Waals surface area contributed by atoms with Gasteiger partial charge in [0.15, 0.2) is 5.82 Å². The van der Waals surface area contributed by atoms with E-state index in [1.165, 1.54) is 0 Å². The van der Waals surface area contributed by atoms with E-state index in [9.17, 15) is 0 Å². The monoisotopic (exact) mass is 301 g/mol. The molecule has 104 valence electrons. The first kappa shape index (κ1) is 16.0. The van der Waals surface area contributed by atoms with Gasteiger partial charge in [0.25, 0.3) is 5.89 Å². The number of likely N-dealkylation sites (N-methyl/N-ethyl adjacent to an activating group) is 1. The Kier molecular flexibility index (Phi) is 5.79. The highest BCUT2D eigenvalue weighted by molar-refractivity contribution is 6.31. The van der Waals surface area contributed by atoms with Crippen LogP contribution in [-0.4, -0.2) is 23.2 Å². The standard InChI is InChI=1S/C13H16ClN3O.ClH/c1-8-6-10(4-5-11(8)14)13-16-12(17-18-13)7-9(2)15-3;/h4-6,9,15H,7H2,1-3H3;1H. The zero-order valence-corrected chi connectivity index (χ0v) is 12.7. The molecule has 1 N–H and O–H groups in total. The molecule has 0 saturated carbocycles. The molecule has 0 radical (unpaired) electrons. The summed E-state index contributed by atoms with van der Waals surface area (Å²) in [5.41, 5.74) is 1.89. The van der Waals surface area contributed by atoms with E-state index < -0.39 is 0 Å². The number of halogens is 2. The van der Waals surface area contributed by atoms with E-state index in [1.807, 2.05) is 32.2 Å². The van der Waals surface area contributed by atoms with Gasteiger partial charge in [-0.1, -0.05) is 16.8 Å². The number of hydrogen-bond donors (Lipinski definition) is 1. The molecule has 1 aromatic heterocycles. The highest BCUT2D eigenvalue weighted by atomic mass is 35.5. The third-order valence-electron chi connectivity index (χ3n) is 2.85. The molecule has 4 nitrogen and oxygen atoms in total. The Bertz CT molecular complexity index is 542. The van der Waals surface area contributed by atoms with E-state index in [2.05, 4.69) is 22.4 Å². The number of benzene rings is 1. The maximum Gasteiger partial charge on any atom is 0.257 e. The van der Waals surface area contributed by atoms with Gasteiger partial charge >= 0.3 is 0 Å². The molecule has 0 aliphatic carbocycles. The zero-order chi connectivity index (χ0) is 13.1. The summed E-state index contributed by atoms with van der Waals surface area (Å²) in [5.74, 6) is 1.24. The fourth-order valence-corrected chi connectivity index (χ4v) is 1.73. The average Bonchev–Trinajstić information content (AvgIpc) is 2.81. The molecule has 1 unspecified atom stereocenters. The predicted octanol–water partition coefficient (Wildman–Crippen LogP) is 3.27. The summed E-state index contributed by atoms with van der Waals surface area (Å²) >= 11 is 5.99. The number of aryl methyl sites for hydroxylation is 1. The molecule has 0 spiro atoms. The minimum absolute atomic E-state index is 0. The number of rotatable bonds is 4. The largest absolute Gasteiger partial charge is 0.334 e. The van der Waals surface area contributed by atoms with Gasteiger partial charge in [0, 0.05) is 23.0 Å². The van der Waals surface area contributed by atoms with Gasteiger partial charge in [-0.05, 0) is 44.7 Å². The Labute approximate surface area is 124 Å². The number of hydrogen-bond acceptors (Lipinski definition) is 4. The van der Waals surface area contributed by atoms with Crippen LogP contribution in [0, 0.1) is 6.92 Å². The molecular formula is C13H17Cl2N3O. The molecule has 1 heterocycles. The van der Waals surface area contributed by atoms with Crippen molar-refractivity contribution in [2.45, 2.75) is 26.3 Å². The van der Waals surface area contributed by atoms with Crippen molar-refractivity contribution in [2.75, 3.05) is 7.05 Å². The lowest BCUT2D eigenvalue weighted by Gasteiger charge is -2.04. The van der Waals surface area contributed by atoms with E-state index >= 15 is 0 Å². The fraction of sp³-hybridized carbons (Fsp3) is 0.385. The molecule has 19 heavy (non-hydrogen) atoms.